The van der Waals surface area contributed by atoms with Crippen molar-refractivity contribution in [1.29, 1.82) is 5.26 Å². The fourth-order valence-corrected chi connectivity index (χ4v) is 2.12. The Morgan fingerprint density at radius 2 is 2.06 bits per heavy atom. The molecule has 0 spiro atoms. The molecule has 0 saturated heterocycles. The number of nitriles is 1. The van der Waals surface area contributed by atoms with Crippen molar-refractivity contribution in [1.82, 2.24) is 0 Å². The first-order valence-electron chi connectivity index (χ1n) is 5.84. The molecular formula is C15H14N2O. The first-order valence-corrected chi connectivity index (χ1v) is 5.84. The summed E-state index contributed by atoms with van der Waals surface area (Å²) in [7, 11) is 0. The molecule has 3 heteroatoms. The smallest absolute Gasteiger partial charge is 0.273 e. The summed E-state index contributed by atoms with van der Waals surface area (Å²) in [6.45, 7) is 7.71. The van der Waals surface area contributed by atoms with Gasteiger partial charge in [-0.2, -0.15) is 5.26 Å². The van der Waals surface area contributed by atoms with Crippen LogP contribution in [0.3, 0.4) is 0 Å². The molecule has 90 valence electrons. The van der Waals surface area contributed by atoms with E-state index in [0.717, 1.165) is 17.7 Å². The highest BCUT2D eigenvalue weighted by molar-refractivity contribution is 6.15. The molecule has 0 saturated carbocycles. The molecule has 2 rings (SSSR count). The normalized spacial score (nSPS) is 15.3. The van der Waals surface area contributed by atoms with Crippen LogP contribution in [0, 0.1) is 11.3 Å². The van der Waals surface area contributed by atoms with Crippen molar-refractivity contribution in [3.63, 3.8) is 0 Å². The summed E-state index contributed by atoms with van der Waals surface area (Å²) in [4.78, 5) is 13.7. The number of hydrogen-bond donors (Lipinski definition) is 0. The molecule has 0 fully saturated rings. The summed E-state index contributed by atoms with van der Waals surface area (Å²) in [5.41, 5.74) is 3.33. The minimum absolute atomic E-state index is 0.186. The number of para-hydroxylation sites is 1. The second-order valence-corrected chi connectivity index (χ2v) is 4.18. The Morgan fingerprint density at radius 1 is 1.39 bits per heavy atom. The van der Waals surface area contributed by atoms with Gasteiger partial charge < -0.3 is 0 Å². The molecular weight excluding hydrogens is 224 g/mol. The minimum atomic E-state index is -0.277. The van der Waals surface area contributed by atoms with Crippen molar-refractivity contribution in [2.45, 2.75) is 20.3 Å². The zero-order chi connectivity index (χ0) is 13.3. The lowest BCUT2D eigenvalue weighted by molar-refractivity contribution is -0.113. The van der Waals surface area contributed by atoms with E-state index in [-0.39, 0.29) is 11.5 Å². The predicted octanol–water partition coefficient (Wildman–Crippen LogP) is 2.95. The minimum Gasteiger partial charge on any atom is -0.276 e. The van der Waals surface area contributed by atoms with E-state index in [2.05, 4.69) is 6.58 Å². The third-order valence-electron chi connectivity index (χ3n) is 3.22. The van der Waals surface area contributed by atoms with Gasteiger partial charge in [-0.3, -0.25) is 9.69 Å². The van der Waals surface area contributed by atoms with Gasteiger partial charge >= 0.3 is 0 Å². The number of benzene rings is 1. The van der Waals surface area contributed by atoms with Crippen LogP contribution in [0.4, 0.5) is 5.69 Å². The summed E-state index contributed by atoms with van der Waals surface area (Å²) in [5, 5.41) is 9.02. The van der Waals surface area contributed by atoms with Crippen LogP contribution in [0.25, 0.3) is 0 Å². The summed E-state index contributed by atoms with van der Waals surface area (Å²) in [6, 6.07) is 9.65. The third kappa shape index (κ3) is 1.63. The number of rotatable bonds is 2. The molecule has 1 heterocycles. The molecule has 0 aliphatic carbocycles. The van der Waals surface area contributed by atoms with Crippen LogP contribution < -0.4 is 4.90 Å². The molecule has 1 aromatic carbocycles. The molecule has 0 radical (unpaired) electrons. The lowest BCUT2D eigenvalue weighted by atomic mass is 10.1. The maximum atomic E-state index is 12.2. The van der Waals surface area contributed by atoms with Crippen LogP contribution in [-0.4, -0.2) is 5.91 Å². The summed E-state index contributed by atoms with van der Waals surface area (Å²) >= 11 is 0. The molecule has 1 aliphatic heterocycles. The molecule has 1 aromatic rings. The quantitative estimate of drug-likeness (QED) is 0.795. The Kier molecular flexibility index (Phi) is 3.03. The number of nitrogens with zero attached hydrogens (tertiary/aromatic N) is 2. The Labute approximate surface area is 107 Å². The molecule has 0 aromatic heterocycles. The highest BCUT2D eigenvalue weighted by atomic mass is 16.2. The number of carbonyl (C=O) groups excluding carboxylic acids is 1. The number of hydrogen-bond acceptors (Lipinski definition) is 2. The molecule has 1 amide bonds. The maximum absolute atomic E-state index is 12.2. The van der Waals surface area contributed by atoms with Gasteiger partial charge in [-0.25, -0.2) is 0 Å². The average molecular weight is 238 g/mol. The summed E-state index contributed by atoms with van der Waals surface area (Å²) in [6.07, 6.45) is 0.828. The fourth-order valence-electron chi connectivity index (χ4n) is 2.12. The zero-order valence-electron chi connectivity index (χ0n) is 10.5. The van der Waals surface area contributed by atoms with E-state index in [4.69, 9.17) is 5.26 Å². The Hall–Kier alpha value is -2.34. The van der Waals surface area contributed by atoms with Crippen LogP contribution in [0.15, 0.2) is 47.7 Å². The first-order chi connectivity index (χ1) is 8.61. The van der Waals surface area contributed by atoms with Crippen LogP contribution in [0.1, 0.15) is 19.4 Å². The first kappa shape index (κ1) is 12.1. The third-order valence-corrected chi connectivity index (χ3v) is 3.22. The van der Waals surface area contributed by atoms with Gasteiger partial charge in [0, 0.05) is 5.70 Å². The van der Waals surface area contributed by atoms with E-state index < -0.39 is 0 Å². The number of amides is 1. The van der Waals surface area contributed by atoms with Gasteiger partial charge in [0.1, 0.15) is 11.6 Å². The van der Waals surface area contributed by atoms with Gasteiger partial charge in [0.05, 0.1) is 5.69 Å². The maximum Gasteiger partial charge on any atom is 0.273 e. The predicted molar refractivity (Wildman–Crippen MR) is 70.8 cm³/mol. The zero-order valence-corrected chi connectivity index (χ0v) is 10.5. The van der Waals surface area contributed by atoms with E-state index in [9.17, 15) is 4.79 Å². The van der Waals surface area contributed by atoms with Gasteiger partial charge in [-0.1, -0.05) is 31.7 Å². The monoisotopic (exact) mass is 238 g/mol. The highest BCUT2D eigenvalue weighted by Gasteiger charge is 2.33. The standard InChI is InChI=1S/C15H14N2O/c1-4-12-7-5-6-8-14(12)17-11(3)10(2)13(9-16)15(17)18/h5-8H,3-4H2,1-2H3. The van der Waals surface area contributed by atoms with Crippen molar-refractivity contribution in [3.05, 3.63) is 53.3 Å². The molecule has 0 bridgehead atoms. The van der Waals surface area contributed by atoms with E-state index in [1.54, 1.807) is 6.92 Å². The second kappa shape index (κ2) is 4.50. The molecule has 18 heavy (non-hydrogen) atoms. The number of aryl methyl sites for hydroxylation is 1. The van der Waals surface area contributed by atoms with Gasteiger partial charge in [0.15, 0.2) is 0 Å². The van der Waals surface area contributed by atoms with Crippen molar-refractivity contribution in [2.75, 3.05) is 4.90 Å². The molecule has 3 nitrogen and oxygen atoms in total. The van der Waals surface area contributed by atoms with Crippen molar-refractivity contribution in [2.24, 2.45) is 0 Å². The van der Waals surface area contributed by atoms with Gasteiger partial charge in [-0.15, -0.1) is 0 Å². The van der Waals surface area contributed by atoms with Crippen LogP contribution in [-0.2, 0) is 11.2 Å². The van der Waals surface area contributed by atoms with E-state index in [1.807, 2.05) is 37.3 Å². The van der Waals surface area contributed by atoms with Crippen LogP contribution in [0.5, 0.6) is 0 Å². The number of allylic oxidation sites excluding steroid dienone is 1. The number of anilines is 1. The van der Waals surface area contributed by atoms with Crippen molar-refractivity contribution >= 4 is 11.6 Å². The highest BCUT2D eigenvalue weighted by Crippen LogP contribution is 2.34. The lowest BCUT2D eigenvalue weighted by Crippen LogP contribution is -2.25. The summed E-state index contributed by atoms with van der Waals surface area (Å²) in [5.74, 6) is -0.277. The topological polar surface area (TPSA) is 44.1 Å². The molecule has 1 aliphatic rings. The number of carbonyl (C=O) groups is 1. The Balaban J connectivity index is 2.53. The van der Waals surface area contributed by atoms with E-state index in [1.165, 1.54) is 4.90 Å². The van der Waals surface area contributed by atoms with Gasteiger partial charge in [0.2, 0.25) is 0 Å². The Bertz CT molecular complexity index is 605. The average Bonchev–Trinajstić information content (AvgIpc) is 2.60. The van der Waals surface area contributed by atoms with Crippen LogP contribution in [0.2, 0.25) is 0 Å². The van der Waals surface area contributed by atoms with Gasteiger partial charge in [0.25, 0.3) is 5.91 Å². The molecule has 0 atom stereocenters. The van der Waals surface area contributed by atoms with E-state index >= 15 is 0 Å². The fraction of sp³-hybridized carbons (Fsp3) is 0.200. The van der Waals surface area contributed by atoms with Gasteiger partial charge in [-0.05, 0) is 30.5 Å². The van der Waals surface area contributed by atoms with E-state index in [0.29, 0.717) is 11.3 Å². The Morgan fingerprint density at radius 3 is 2.61 bits per heavy atom. The van der Waals surface area contributed by atoms with Crippen molar-refractivity contribution < 1.29 is 4.79 Å². The SMILES string of the molecule is C=C1C(C)=C(C#N)C(=O)N1c1ccccc1CC. The lowest BCUT2D eigenvalue weighted by Gasteiger charge is -2.21. The van der Waals surface area contributed by atoms with Crippen LogP contribution >= 0.6 is 0 Å². The van der Waals surface area contributed by atoms with Crippen molar-refractivity contribution in [3.8, 4) is 6.07 Å². The molecule has 0 N–H and O–H groups in total. The summed E-state index contributed by atoms with van der Waals surface area (Å²) < 4.78 is 0. The largest absolute Gasteiger partial charge is 0.276 e. The second-order valence-electron chi connectivity index (χ2n) is 4.18. The molecule has 0 unspecified atom stereocenters.